The average Bonchev–Trinajstić information content (AvgIpc) is 3.39. The minimum Gasteiger partial charge on any atom is -0.490 e. The van der Waals surface area contributed by atoms with E-state index in [2.05, 4.69) is 15.8 Å². The fourth-order valence-electron chi connectivity index (χ4n) is 3.82. The first-order chi connectivity index (χ1) is 15.1. The smallest absolute Gasteiger partial charge is 0.240 e. The molecule has 1 aliphatic rings. The summed E-state index contributed by atoms with van der Waals surface area (Å²) >= 11 is 1.62. The molecule has 0 aliphatic carbocycles. The van der Waals surface area contributed by atoms with Crippen molar-refractivity contribution >= 4 is 32.3 Å². The van der Waals surface area contributed by atoms with Gasteiger partial charge in [0.15, 0.2) is 11.5 Å². The minimum absolute atomic E-state index is 0.105. The molecule has 8 heteroatoms. The quantitative estimate of drug-likeness (QED) is 0.450. The zero-order valence-corrected chi connectivity index (χ0v) is 18.3. The summed E-state index contributed by atoms with van der Waals surface area (Å²) in [5, 5.41) is 3.10. The molecule has 6 nitrogen and oxygen atoms in total. The standard InChI is InChI=1S/C23H22N2O4S2/c26-31(27,16-8-9-21-22(13-16)29-11-4-10-28-21)25-15-19(23-7-3-12-30-23)18-14-24-20-6-2-1-5-17(18)20/h1-3,5-9,12-14,19,24-25H,4,10-11,15H2/t19-/m0/s1. The first kappa shape index (κ1) is 20.1. The molecule has 2 aromatic carbocycles. The van der Waals surface area contributed by atoms with Crippen LogP contribution in [0.5, 0.6) is 11.5 Å². The third-order valence-electron chi connectivity index (χ3n) is 5.39. The van der Waals surface area contributed by atoms with Crippen LogP contribution in [0.4, 0.5) is 0 Å². The van der Waals surface area contributed by atoms with Gasteiger partial charge >= 0.3 is 0 Å². The van der Waals surface area contributed by atoms with Gasteiger partial charge in [0.1, 0.15) is 0 Å². The van der Waals surface area contributed by atoms with Crippen molar-refractivity contribution in [1.29, 1.82) is 0 Å². The first-order valence-corrected chi connectivity index (χ1v) is 12.5. The second kappa shape index (κ2) is 8.37. The third-order valence-corrected chi connectivity index (χ3v) is 7.80. The fourth-order valence-corrected chi connectivity index (χ4v) is 5.73. The summed E-state index contributed by atoms with van der Waals surface area (Å²) in [6, 6.07) is 16.8. The van der Waals surface area contributed by atoms with Crippen LogP contribution in [0.2, 0.25) is 0 Å². The highest BCUT2D eigenvalue weighted by atomic mass is 32.2. The van der Waals surface area contributed by atoms with Gasteiger partial charge in [0.25, 0.3) is 0 Å². The number of fused-ring (bicyclic) bond motifs is 2. The Morgan fingerprint density at radius 2 is 1.87 bits per heavy atom. The number of rotatable bonds is 6. The van der Waals surface area contributed by atoms with E-state index >= 15 is 0 Å². The molecule has 3 heterocycles. The molecule has 0 saturated heterocycles. The Balaban J connectivity index is 1.43. The first-order valence-electron chi connectivity index (χ1n) is 10.1. The van der Waals surface area contributed by atoms with Crippen molar-refractivity contribution in [3.63, 3.8) is 0 Å². The summed E-state index contributed by atoms with van der Waals surface area (Å²) < 4.78 is 40.3. The van der Waals surface area contributed by atoms with E-state index in [4.69, 9.17) is 9.47 Å². The van der Waals surface area contributed by atoms with E-state index < -0.39 is 10.0 Å². The number of ether oxygens (including phenoxy) is 2. The largest absolute Gasteiger partial charge is 0.490 e. The summed E-state index contributed by atoms with van der Waals surface area (Å²) in [5.41, 5.74) is 2.10. The summed E-state index contributed by atoms with van der Waals surface area (Å²) in [5.74, 6) is 0.935. The number of H-pyrrole nitrogens is 1. The molecule has 0 saturated carbocycles. The predicted molar refractivity (Wildman–Crippen MR) is 122 cm³/mol. The van der Waals surface area contributed by atoms with Crippen LogP contribution < -0.4 is 14.2 Å². The van der Waals surface area contributed by atoms with Gasteiger partial charge in [0.2, 0.25) is 10.0 Å². The number of hydrogen-bond acceptors (Lipinski definition) is 5. The van der Waals surface area contributed by atoms with Crippen molar-refractivity contribution < 1.29 is 17.9 Å². The highest BCUT2D eigenvalue weighted by molar-refractivity contribution is 7.89. The van der Waals surface area contributed by atoms with Gasteiger partial charge in [0, 0.05) is 46.9 Å². The Labute approximate surface area is 184 Å². The number of aromatic nitrogens is 1. The second-order valence-electron chi connectivity index (χ2n) is 7.37. The van der Waals surface area contributed by atoms with Gasteiger partial charge in [-0.3, -0.25) is 0 Å². The number of hydrogen-bond donors (Lipinski definition) is 2. The summed E-state index contributed by atoms with van der Waals surface area (Å²) in [4.78, 5) is 4.57. The van der Waals surface area contributed by atoms with E-state index in [1.807, 2.05) is 41.9 Å². The topological polar surface area (TPSA) is 80.4 Å². The van der Waals surface area contributed by atoms with E-state index in [1.54, 1.807) is 23.5 Å². The van der Waals surface area contributed by atoms with Crippen molar-refractivity contribution in [2.75, 3.05) is 19.8 Å². The lowest BCUT2D eigenvalue weighted by Crippen LogP contribution is -2.28. The molecule has 0 radical (unpaired) electrons. The summed E-state index contributed by atoms with van der Waals surface area (Å²) in [7, 11) is -3.73. The summed E-state index contributed by atoms with van der Waals surface area (Å²) in [6.07, 6.45) is 2.74. The second-order valence-corrected chi connectivity index (χ2v) is 10.1. The molecule has 2 N–H and O–H groups in total. The lowest BCUT2D eigenvalue weighted by molar-refractivity contribution is 0.297. The number of benzene rings is 2. The highest BCUT2D eigenvalue weighted by Gasteiger charge is 2.24. The molecule has 0 amide bonds. The van der Waals surface area contributed by atoms with Gasteiger partial charge in [-0.05, 0) is 35.2 Å². The fraction of sp³-hybridized carbons (Fsp3) is 0.217. The molecule has 2 aromatic heterocycles. The van der Waals surface area contributed by atoms with Crippen LogP contribution in [-0.4, -0.2) is 33.2 Å². The molecule has 0 bridgehead atoms. The Hall–Kier alpha value is -2.81. The van der Waals surface area contributed by atoms with Gasteiger partial charge in [-0.15, -0.1) is 11.3 Å². The Kier molecular flexibility index (Phi) is 5.43. The number of aromatic amines is 1. The Morgan fingerprint density at radius 3 is 2.71 bits per heavy atom. The molecule has 31 heavy (non-hydrogen) atoms. The van der Waals surface area contributed by atoms with Crippen LogP contribution in [0, 0.1) is 0 Å². The molecular formula is C23H22N2O4S2. The monoisotopic (exact) mass is 454 g/mol. The maximum Gasteiger partial charge on any atom is 0.240 e. The zero-order chi connectivity index (χ0) is 21.3. The lowest BCUT2D eigenvalue weighted by Gasteiger charge is -2.17. The lowest BCUT2D eigenvalue weighted by atomic mass is 9.97. The maximum atomic E-state index is 13.1. The van der Waals surface area contributed by atoms with Crippen molar-refractivity contribution in [2.24, 2.45) is 0 Å². The zero-order valence-electron chi connectivity index (χ0n) is 16.7. The van der Waals surface area contributed by atoms with Crippen LogP contribution in [0.3, 0.4) is 0 Å². The third kappa shape index (κ3) is 4.06. The predicted octanol–water partition coefficient (Wildman–Crippen LogP) is 4.50. The van der Waals surface area contributed by atoms with Crippen LogP contribution in [0.15, 0.2) is 71.1 Å². The highest BCUT2D eigenvalue weighted by Crippen LogP contribution is 2.34. The number of thiophene rings is 1. The number of nitrogens with one attached hydrogen (secondary N) is 2. The molecular weight excluding hydrogens is 432 g/mol. The summed E-state index contributed by atoms with van der Waals surface area (Å²) in [6.45, 7) is 1.31. The SMILES string of the molecule is O=S(=O)(NC[C@H](c1cccs1)c1c[nH]c2ccccc12)c1ccc2c(c1)OCCCO2. The van der Waals surface area contributed by atoms with Crippen molar-refractivity contribution in [3.05, 3.63) is 76.6 Å². The van der Waals surface area contributed by atoms with E-state index in [-0.39, 0.29) is 17.4 Å². The molecule has 4 aromatic rings. The number of sulfonamides is 1. The van der Waals surface area contributed by atoms with E-state index in [0.717, 1.165) is 27.8 Å². The van der Waals surface area contributed by atoms with E-state index in [1.165, 1.54) is 6.07 Å². The average molecular weight is 455 g/mol. The Morgan fingerprint density at radius 1 is 1.03 bits per heavy atom. The van der Waals surface area contributed by atoms with Crippen LogP contribution in [0.25, 0.3) is 10.9 Å². The van der Waals surface area contributed by atoms with Crippen molar-refractivity contribution in [2.45, 2.75) is 17.2 Å². The van der Waals surface area contributed by atoms with Gasteiger partial charge < -0.3 is 14.5 Å². The molecule has 0 spiro atoms. The normalized spacial score (nSPS) is 15.0. The molecule has 1 aliphatic heterocycles. The molecule has 5 rings (SSSR count). The van der Waals surface area contributed by atoms with Crippen molar-refractivity contribution in [1.82, 2.24) is 9.71 Å². The van der Waals surface area contributed by atoms with Crippen molar-refractivity contribution in [3.8, 4) is 11.5 Å². The van der Waals surface area contributed by atoms with Crippen LogP contribution in [-0.2, 0) is 10.0 Å². The molecule has 0 fully saturated rings. The maximum absolute atomic E-state index is 13.1. The Bertz CT molecular complexity index is 1300. The minimum atomic E-state index is -3.73. The van der Waals surface area contributed by atoms with Crippen LogP contribution in [0.1, 0.15) is 22.8 Å². The molecule has 0 unspecified atom stereocenters. The van der Waals surface area contributed by atoms with E-state index in [0.29, 0.717) is 24.7 Å². The van der Waals surface area contributed by atoms with Crippen LogP contribution >= 0.6 is 11.3 Å². The van der Waals surface area contributed by atoms with Gasteiger partial charge in [0.05, 0.1) is 18.1 Å². The van der Waals surface area contributed by atoms with Gasteiger partial charge in [-0.25, -0.2) is 13.1 Å². The van der Waals surface area contributed by atoms with Gasteiger partial charge in [-0.1, -0.05) is 24.3 Å². The number of para-hydroxylation sites is 1. The molecule has 160 valence electrons. The van der Waals surface area contributed by atoms with E-state index in [9.17, 15) is 8.42 Å². The van der Waals surface area contributed by atoms with Gasteiger partial charge in [-0.2, -0.15) is 0 Å². The molecule has 1 atom stereocenters.